The van der Waals surface area contributed by atoms with Gasteiger partial charge in [0.1, 0.15) is 12.0 Å². The lowest BCUT2D eigenvalue weighted by Crippen LogP contribution is -2.37. The minimum atomic E-state index is -4.64. The van der Waals surface area contributed by atoms with Crippen molar-refractivity contribution >= 4 is 0 Å². The van der Waals surface area contributed by atoms with Crippen LogP contribution < -0.4 is 10.1 Å². The Morgan fingerprint density at radius 1 is 1.21 bits per heavy atom. The quantitative estimate of drug-likeness (QED) is 0.860. The molecule has 2 saturated heterocycles. The fourth-order valence-electron chi connectivity index (χ4n) is 3.85. The second-order valence-corrected chi connectivity index (χ2v) is 6.50. The molecule has 3 unspecified atom stereocenters. The van der Waals surface area contributed by atoms with Crippen molar-refractivity contribution in [2.24, 2.45) is 11.8 Å². The van der Waals surface area contributed by atoms with Gasteiger partial charge in [-0.2, -0.15) is 0 Å². The van der Waals surface area contributed by atoms with Gasteiger partial charge in [0, 0.05) is 32.7 Å². The second-order valence-electron chi connectivity index (χ2n) is 6.50. The van der Waals surface area contributed by atoms with E-state index in [2.05, 4.69) is 15.0 Å². The largest absolute Gasteiger partial charge is 0.573 e. The number of halogens is 3. The first-order chi connectivity index (χ1) is 11.5. The second kappa shape index (κ2) is 7.29. The predicted molar refractivity (Wildman–Crippen MR) is 83.7 cm³/mol. The van der Waals surface area contributed by atoms with Crippen LogP contribution in [0.4, 0.5) is 13.2 Å². The molecule has 134 valence electrons. The molecular weight excluding hydrogens is 321 g/mol. The Morgan fingerprint density at radius 3 is 2.62 bits per heavy atom. The molecule has 2 fully saturated rings. The molecule has 0 bridgehead atoms. The van der Waals surface area contributed by atoms with Crippen LogP contribution in [0.25, 0.3) is 0 Å². The fraction of sp³-hybridized carbons (Fsp3) is 0.647. The summed E-state index contributed by atoms with van der Waals surface area (Å²) in [6.07, 6.45) is -2.69. The number of hydrogen-bond donors (Lipinski definition) is 1. The van der Waals surface area contributed by atoms with Crippen LogP contribution >= 0.6 is 0 Å². The molecule has 0 saturated carbocycles. The highest BCUT2D eigenvalue weighted by molar-refractivity contribution is 5.27. The zero-order valence-corrected chi connectivity index (χ0v) is 13.7. The highest BCUT2D eigenvalue weighted by Crippen LogP contribution is 2.33. The molecule has 24 heavy (non-hydrogen) atoms. The number of nitrogens with one attached hydrogen (secondary N) is 1. The zero-order valence-electron chi connectivity index (χ0n) is 13.7. The SMILES string of the molecule is COC1C2CNCC2CN1CCCc1ccc(OC(F)(F)F)cc1. The lowest BCUT2D eigenvalue weighted by Gasteiger charge is -2.26. The summed E-state index contributed by atoms with van der Waals surface area (Å²) in [6.45, 7) is 4.06. The van der Waals surface area contributed by atoms with Crippen molar-refractivity contribution in [1.29, 1.82) is 0 Å². The summed E-state index contributed by atoms with van der Waals surface area (Å²) in [6, 6.07) is 6.12. The van der Waals surface area contributed by atoms with Gasteiger partial charge in [-0.3, -0.25) is 4.90 Å². The third kappa shape index (κ3) is 4.20. The number of aryl methyl sites for hydroxylation is 1. The van der Waals surface area contributed by atoms with E-state index in [0.717, 1.165) is 44.6 Å². The molecule has 3 atom stereocenters. The Hall–Kier alpha value is -1.31. The topological polar surface area (TPSA) is 33.7 Å². The van der Waals surface area contributed by atoms with Crippen LogP contribution in [0.1, 0.15) is 12.0 Å². The van der Waals surface area contributed by atoms with Crippen molar-refractivity contribution < 1.29 is 22.6 Å². The van der Waals surface area contributed by atoms with Crippen LogP contribution in [0.2, 0.25) is 0 Å². The average molecular weight is 344 g/mol. The number of benzene rings is 1. The molecule has 3 rings (SSSR count). The third-order valence-electron chi connectivity index (χ3n) is 4.90. The number of ether oxygens (including phenoxy) is 2. The van der Waals surface area contributed by atoms with E-state index in [-0.39, 0.29) is 12.0 Å². The molecule has 0 aromatic heterocycles. The van der Waals surface area contributed by atoms with E-state index >= 15 is 0 Å². The number of hydrogen-bond acceptors (Lipinski definition) is 4. The van der Waals surface area contributed by atoms with E-state index in [1.807, 2.05) is 0 Å². The van der Waals surface area contributed by atoms with Crippen LogP contribution in [0, 0.1) is 11.8 Å². The van der Waals surface area contributed by atoms with Gasteiger partial charge in [-0.1, -0.05) is 12.1 Å². The number of methoxy groups -OCH3 is 1. The summed E-state index contributed by atoms with van der Waals surface area (Å²) in [5.41, 5.74) is 1.01. The fourth-order valence-corrected chi connectivity index (χ4v) is 3.85. The van der Waals surface area contributed by atoms with Crippen LogP contribution in [0.5, 0.6) is 5.75 Å². The van der Waals surface area contributed by atoms with Crippen molar-refractivity contribution in [3.05, 3.63) is 29.8 Å². The molecule has 0 aliphatic carbocycles. The molecule has 1 aromatic carbocycles. The Balaban J connectivity index is 1.46. The number of fused-ring (bicyclic) bond motifs is 1. The lowest BCUT2D eigenvalue weighted by atomic mass is 9.99. The molecular formula is C17H23F3N2O2. The number of nitrogens with zero attached hydrogens (tertiary/aromatic N) is 1. The monoisotopic (exact) mass is 344 g/mol. The molecule has 2 aliphatic rings. The summed E-state index contributed by atoms with van der Waals surface area (Å²) in [4.78, 5) is 2.39. The van der Waals surface area contributed by atoms with Crippen LogP contribution in [-0.4, -0.2) is 50.8 Å². The first kappa shape index (κ1) is 17.5. The number of likely N-dealkylation sites (tertiary alicyclic amines) is 1. The average Bonchev–Trinajstić information content (AvgIpc) is 3.08. The van der Waals surface area contributed by atoms with Gasteiger partial charge in [0.2, 0.25) is 0 Å². The van der Waals surface area contributed by atoms with Gasteiger partial charge >= 0.3 is 6.36 Å². The van der Waals surface area contributed by atoms with Crippen molar-refractivity contribution in [3.63, 3.8) is 0 Å². The molecule has 0 radical (unpaired) electrons. The maximum Gasteiger partial charge on any atom is 0.573 e. The van der Waals surface area contributed by atoms with Crippen molar-refractivity contribution in [2.45, 2.75) is 25.4 Å². The Kier molecular flexibility index (Phi) is 5.32. The zero-order chi connectivity index (χ0) is 17.2. The van der Waals surface area contributed by atoms with Crippen LogP contribution in [0.3, 0.4) is 0 Å². The molecule has 4 nitrogen and oxygen atoms in total. The Morgan fingerprint density at radius 2 is 1.96 bits per heavy atom. The minimum Gasteiger partial charge on any atom is -0.406 e. The van der Waals surface area contributed by atoms with E-state index in [1.165, 1.54) is 12.1 Å². The molecule has 2 aliphatic heterocycles. The molecule has 7 heteroatoms. The standard InChI is InChI=1S/C17H23F3N2O2/c1-23-16-15-10-21-9-13(15)11-22(16)8-2-3-12-4-6-14(7-5-12)24-17(18,19)20/h4-7,13,15-16,21H,2-3,8-11H2,1H3. The normalized spacial score (nSPS) is 27.4. The van der Waals surface area contributed by atoms with Gasteiger partial charge in [-0.05, 0) is 43.0 Å². The lowest BCUT2D eigenvalue weighted by molar-refractivity contribution is -0.274. The van der Waals surface area contributed by atoms with E-state index < -0.39 is 6.36 Å². The van der Waals surface area contributed by atoms with E-state index in [1.54, 1.807) is 19.2 Å². The van der Waals surface area contributed by atoms with Gasteiger partial charge in [0.05, 0.1) is 0 Å². The molecule has 0 spiro atoms. The van der Waals surface area contributed by atoms with Gasteiger partial charge in [-0.15, -0.1) is 13.2 Å². The van der Waals surface area contributed by atoms with E-state index in [4.69, 9.17) is 4.74 Å². The van der Waals surface area contributed by atoms with E-state index in [9.17, 15) is 13.2 Å². The molecule has 2 heterocycles. The highest BCUT2D eigenvalue weighted by Gasteiger charge is 2.43. The van der Waals surface area contributed by atoms with Crippen LogP contribution in [-0.2, 0) is 11.2 Å². The van der Waals surface area contributed by atoms with Gasteiger partial charge in [-0.25, -0.2) is 0 Å². The summed E-state index contributed by atoms with van der Waals surface area (Å²) < 4.78 is 46.0. The van der Waals surface area contributed by atoms with Crippen molar-refractivity contribution in [2.75, 3.05) is 33.3 Å². The summed E-state index contributed by atoms with van der Waals surface area (Å²) in [5, 5.41) is 3.41. The van der Waals surface area contributed by atoms with Crippen LogP contribution in [0.15, 0.2) is 24.3 Å². The first-order valence-corrected chi connectivity index (χ1v) is 8.28. The van der Waals surface area contributed by atoms with Gasteiger partial charge in [0.15, 0.2) is 0 Å². The molecule has 1 N–H and O–H groups in total. The molecule has 0 amide bonds. The number of alkyl halides is 3. The molecule has 1 aromatic rings. The predicted octanol–water partition coefficient (Wildman–Crippen LogP) is 2.64. The Bertz CT molecular complexity index is 536. The Labute approximate surface area is 139 Å². The summed E-state index contributed by atoms with van der Waals surface area (Å²) >= 11 is 0. The smallest absolute Gasteiger partial charge is 0.406 e. The third-order valence-corrected chi connectivity index (χ3v) is 4.90. The van der Waals surface area contributed by atoms with Crippen molar-refractivity contribution in [1.82, 2.24) is 10.2 Å². The van der Waals surface area contributed by atoms with Gasteiger partial charge in [0.25, 0.3) is 0 Å². The summed E-state index contributed by atoms with van der Waals surface area (Å²) in [5.74, 6) is 1.05. The minimum absolute atomic E-state index is 0.174. The van der Waals surface area contributed by atoms with E-state index in [0.29, 0.717) is 11.8 Å². The van der Waals surface area contributed by atoms with Crippen molar-refractivity contribution in [3.8, 4) is 5.75 Å². The first-order valence-electron chi connectivity index (χ1n) is 8.28. The summed E-state index contributed by atoms with van der Waals surface area (Å²) in [7, 11) is 1.76. The number of rotatable bonds is 6. The maximum atomic E-state index is 12.1. The van der Waals surface area contributed by atoms with Gasteiger partial charge < -0.3 is 14.8 Å². The highest BCUT2D eigenvalue weighted by atomic mass is 19.4. The maximum absolute atomic E-state index is 12.1.